The van der Waals surface area contributed by atoms with Crippen molar-refractivity contribution in [3.63, 3.8) is 0 Å². The lowest BCUT2D eigenvalue weighted by molar-refractivity contribution is 0.451. The second-order valence-electron chi connectivity index (χ2n) is 1.06. The Bertz CT molecular complexity index is 98.6. The van der Waals surface area contributed by atoms with E-state index in [1.165, 1.54) is 6.26 Å². The Kier molecular flexibility index (Phi) is 3.66. The second kappa shape index (κ2) is 4.18. The Morgan fingerprint density at radius 1 is 1.88 bits per heavy atom. The van der Waals surface area contributed by atoms with Crippen molar-refractivity contribution in [1.29, 1.82) is 0 Å². The average molecular weight is 114 g/mol. The lowest BCUT2D eigenvalue weighted by Crippen LogP contribution is -2.18. The van der Waals surface area contributed by atoms with Crippen LogP contribution in [0.3, 0.4) is 0 Å². The highest BCUT2D eigenvalue weighted by atomic mass is 16.5. The van der Waals surface area contributed by atoms with Gasteiger partial charge in [0.15, 0.2) is 0 Å². The van der Waals surface area contributed by atoms with Crippen LogP contribution >= 0.6 is 0 Å². The fourth-order valence-corrected chi connectivity index (χ4v) is 0.302. The maximum atomic E-state index is 4.74. The zero-order valence-electron chi connectivity index (χ0n) is 5.14. The molecule has 0 aromatic heterocycles. The highest BCUT2D eigenvalue weighted by Crippen LogP contribution is 1.73. The Balaban J connectivity index is 3.53. The van der Waals surface area contributed by atoms with Gasteiger partial charge in [-0.15, -0.1) is 0 Å². The highest BCUT2D eigenvalue weighted by Gasteiger charge is 1.85. The molecule has 0 rings (SSSR count). The van der Waals surface area contributed by atoms with Gasteiger partial charge in [0.25, 0.3) is 6.02 Å². The van der Waals surface area contributed by atoms with E-state index in [1.807, 2.05) is 0 Å². The summed E-state index contributed by atoms with van der Waals surface area (Å²) in [7, 11) is 3.36. The minimum Gasteiger partial charge on any atom is -0.435 e. The summed E-state index contributed by atoms with van der Waals surface area (Å²) < 4.78 is 4.74. The van der Waals surface area contributed by atoms with E-state index in [0.29, 0.717) is 6.02 Å². The van der Waals surface area contributed by atoms with E-state index >= 15 is 0 Å². The molecule has 1 N–H and O–H groups in total. The number of hydrogen-bond acceptors (Lipinski definition) is 2. The molecule has 0 aliphatic rings. The third kappa shape index (κ3) is 2.23. The molecule has 0 atom stereocenters. The number of rotatable bonds is 1. The standard InChI is InChI=1S/C5H10N2O/c1-4-8-5(6-2)7-3/h4H,1H2,2-3H3,(H,6,7). The zero-order valence-corrected chi connectivity index (χ0v) is 5.14. The molecule has 0 heterocycles. The second-order valence-corrected chi connectivity index (χ2v) is 1.06. The maximum absolute atomic E-state index is 4.74. The summed E-state index contributed by atoms with van der Waals surface area (Å²) in [5.74, 6) is 0. The molecule has 0 fully saturated rings. The number of ether oxygens (including phenoxy) is 1. The van der Waals surface area contributed by atoms with Crippen molar-refractivity contribution in [3.8, 4) is 0 Å². The van der Waals surface area contributed by atoms with Crippen LogP contribution in [-0.2, 0) is 4.74 Å². The summed E-state index contributed by atoms with van der Waals surface area (Å²) in [6.45, 7) is 3.35. The third-order valence-electron chi connectivity index (χ3n) is 0.612. The molecule has 0 unspecified atom stereocenters. The number of nitrogens with one attached hydrogen (secondary N) is 1. The van der Waals surface area contributed by atoms with Crippen LogP contribution in [0.2, 0.25) is 0 Å². The summed E-state index contributed by atoms with van der Waals surface area (Å²) in [6.07, 6.45) is 1.32. The van der Waals surface area contributed by atoms with Gasteiger partial charge in [0, 0.05) is 14.1 Å². The number of hydrogen-bond donors (Lipinski definition) is 1. The van der Waals surface area contributed by atoms with Crippen LogP contribution in [0, 0.1) is 0 Å². The van der Waals surface area contributed by atoms with Crippen molar-refractivity contribution in [3.05, 3.63) is 12.8 Å². The molecule has 8 heavy (non-hydrogen) atoms. The SMILES string of the molecule is C=COC(=NC)NC. The Hall–Kier alpha value is -0.990. The third-order valence-corrected chi connectivity index (χ3v) is 0.612. The molecule has 0 aromatic rings. The molecule has 0 aromatic carbocycles. The predicted molar refractivity (Wildman–Crippen MR) is 33.7 cm³/mol. The van der Waals surface area contributed by atoms with Gasteiger partial charge in [0.2, 0.25) is 0 Å². The molecule has 46 valence electrons. The van der Waals surface area contributed by atoms with Crippen LogP contribution in [0.1, 0.15) is 0 Å². The molecule has 0 saturated carbocycles. The first kappa shape index (κ1) is 7.01. The topological polar surface area (TPSA) is 33.6 Å². The smallest absolute Gasteiger partial charge is 0.289 e. The first-order valence-corrected chi connectivity index (χ1v) is 2.27. The van der Waals surface area contributed by atoms with Gasteiger partial charge in [0.1, 0.15) is 0 Å². The predicted octanol–water partition coefficient (Wildman–Crippen LogP) is 0.352. The first-order valence-electron chi connectivity index (χ1n) is 2.27. The van der Waals surface area contributed by atoms with Crippen LogP contribution < -0.4 is 5.32 Å². The molecule has 0 saturated heterocycles. The lowest BCUT2D eigenvalue weighted by atomic mass is 11.0. The Labute approximate surface area is 49.1 Å². The van der Waals surface area contributed by atoms with E-state index in [9.17, 15) is 0 Å². The Morgan fingerprint density at radius 3 is 2.62 bits per heavy atom. The van der Waals surface area contributed by atoms with E-state index in [4.69, 9.17) is 4.74 Å². The number of amidine groups is 1. The van der Waals surface area contributed by atoms with E-state index in [0.717, 1.165) is 0 Å². The molecule has 0 bridgehead atoms. The van der Waals surface area contributed by atoms with Crippen molar-refractivity contribution >= 4 is 6.02 Å². The summed E-state index contributed by atoms with van der Waals surface area (Å²) in [5.41, 5.74) is 0. The summed E-state index contributed by atoms with van der Waals surface area (Å²) in [6, 6.07) is 0.472. The molecule has 3 nitrogen and oxygen atoms in total. The van der Waals surface area contributed by atoms with Crippen molar-refractivity contribution < 1.29 is 4.74 Å². The van der Waals surface area contributed by atoms with Gasteiger partial charge in [-0.2, -0.15) is 0 Å². The van der Waals surface area contributed by atoms with E-state index in [-0.39, 0.29) is 0 Å². The quantitative estimate of drug-likeness (QED) is 0.303. The molecular weight excluding hydrogens is 104 g/mol. The van der Waals surface area contributed by atoms with Crippen LogP contribution in [0.25, 0.3) is 0 Å². The molecule has 0 spiro atoms. The van der Waals surface area contributed by atoms with E-state index in [1.54, 1.807) is 14.1 Å². The van der Waals surface area contributed by atoms with Gasteiger partial charge >= 0.3 is 0 Å². The lowest BCUT2D eigenvalue weighted by Gasteiger charge is -1.99. The van der Waals surface area contributed by atoms with Gasteiger partial charge in [-0.05, 0) is 0 Å². The average Bonchev–Trinajstić information content (AvgIpc) is 1.83. The van der Waals surface area contributed by atoms with Crippen LogP contribution in [0.4, 0.5) is 0 Å². The fourth-order valence-electron chi connectivity index (χ4n) is 0.302. The largest absolute Gasteiger partial charge is 0.435 e. The molecule has 0 radical (unpaired) electrons. The van der Waals surface area contributed by atoms with Gasteiger partial charge in [-0.3, -0.25) is 0 Å². The summed E-state index contributed by atoms with van der Waals surface area (Å²) in [4.78, 5) is 3.71. The number of aliphatic imine (C=N–C) groups is 1. The fraction of sp³-hybridized carbons (Fsp3) is 0.400. The Morgan fingerprint density at radius 2 is 2.50 bits per heavy atom. The first-order chi connectivity index (χ1) is 3.85. The highest BCUT2D eigenvalue weighted by molar-refractivity contribution is 5.73. The molecular formula is C5H10N2O. The normalized spacial score (nSPS) is 10.5. The number of nitrogens with zero attached hydrogens (tertiary/aromatic N) is 1. The van der Waals surface area contributed by atoms with Gasteiger partial charge in [-0.1, -0.05) is 6.58 Å². The van der Waals surface area contributed by atoms with Gasteiger partial charge in [0.05, 0.1) is 6.26 Å². The van der Waals surface area contributed by atoms with Crippen LogP contribution in [-0.4, -0.2) is 20.1 Å². The van der Waals surface area contributed by atoms with E-state index in [2.05, 4.69) is 16.9 Å². The molecule has 0 aliphatic carbocycles. The van der Waals surface area contributed by atoms with E-state index < -0.39 is 0 Å². The summed E-state index contributed by atoms with van der Waals surface area (Å²) in [5, 5.41) is 2.71. The molecule has 0 amide bonds. The van der Waals surface area contributed by atoms with Crippen molar-refractivity contribution in [2.45, 2.75) is 0 Å². The van der Waals surface area contributed by atoms with Crippen molar-refractivity contribution in [2.75, 3.05) is 14.1 Å². The van der Waals surface area contributed by atoms with Gasteiger partial charge < -0.3 is 10.1 Å². The van der Waals surface area contributed by atoms with Crippen LogP contribution in [0.15, 0.2) is 17.8 Å². The van der Waals surface area contributed by atoms with Crippen molar-refractivity contribution in [2.24, 2.45) is 4.99 Å². The molecule has 3 heteroatoms. The van der Waals surface area contributed by atoms with Crippen LogP contribution in [0.5, 0.6) is 0 Å². The van der Waals surface area contributed by atoms with Crippen molar-refractivity contribution in [1.82, 2.24) is 5.32 Å². The molecule has 0 aliphatic heterocycles. The monoisotopic (exact) mass is 114 g/mol. The van der Waals surface area contributed by atoms with Gasteiger partial charge in [-0.25, -0.2) is 4.99 Å². The summed E-state index contributed by atoms with van der Waals surface area (Å²) >= 11 is 0. The minimum absolute atomic E-state index is 0.472. The zero-order chi connectivity index (χ0) is 6.41. The maximum Gasteiger partial charge on any atom is 0.289 e. The minimum atomic E-state index is 0.472.